The Kier molecular flexibility index (Phi) is 4.16. The zero-order chi connectivity index (χ0) is 19.2. The molecule has 0 amide bonds. The third kappa shape index (κ3) is 3.41. The van der Waals surface area contributed by atoms with E-state index in [1.165, 1.54) is 18.2 Å². The zero-order valence-corrected chi connectivity index (χ0v) is 14.0. The van der Waals surface area contributed by atoms with E-state index in [4.69, 9.17) is 0 Å². The van der Waals surface area contributed by atoms with Crippen molar-refractivity contribution >= 4 is 22.7 Å². The number of nitrogens with one attached hydrogen (secondary N) is 1. The third-order valence-electron chi connectivity index (χ3n) is 4.63. The SMILES string of the molecule is Fc1ccc(N2CCN(c3nc4ccc(C(F)(F)F)cc4[nH]3)CC2)c(F)c1. The molecule has 3 aromatic rings. The van der Waals surface area contributed by atoms with Crippen LogP contribution in [0.2, 0.25) is 0 Å². The fraction of sp³-hybridized carbons (Fsp3) is 0.278. The van der Waals surface area contributed by atoms with Crippen molar-refractivity contribution in [2.75, 3.05) is 36.0 Å². The van der Waals surface area contributed by atoms with E-state index in [9.17, 15) is 22.0 Å². The molecule has 0 bridgehead atoms. The first-order chi connectivity index (χ1) is 12.8. The maximum atomic E-state index is 13.9. The number of hydrogen-bond donors (Lipinski definition) is 1. The molecular formula is C18H15F5N4. The van der Waals surface area contributed by atoms with Crippen LogP contribution in [0.5, 0.6) is 0 Å². The van der Waals surface area contributed by atoms with Gasteiger partial charge in [0.15, 0.2) is 0 Å². The van der Waals surface area contributed by atoms with Crippen molar-refractivity contribution in [3.05, 3.63) is 53.6 Å². The van der Waals surface area contributed by atoms with Crippen molar-refractivity contribution < 1.29 is 22.0 Å². The first-order valence-corrected chi connectivity index (χ1v) is 8.33. The van der Waals surface area contributed by atoms with Gasteiger partial charge in [-0.05, 0) is 30.3 Å². The molecule has 0 spiro atoms. The lowest BCUT2D eigenvalue weighted by Crippen LogP contribution is -2.47. The number of nitrogens with zero attached hydrogens (tertiary/aromatic N) is 3. The summed E-state index contributed by atoms with van der Waals surface area (Å²) in [6, 6.07) is 6.84. The van der Waals surface area contributed by atoms with Crippen LogP contribution in [0.25, 0.3) is 11.0 Å². The van der Waals surface area contributed by atoms with Gasteiger partial charge in [-0.1, -0.05) is 0 Å². The Morgan fingerprint density at radius 1 is 0.889 bits per heavy atom. The molecule has 0 atom stereocenters. The molecule has 4 nitrogen and oxygen atoms in total. The molecule has 0 saturated carbocycles. The van der Waals surface area contributed by atoms with Crippen molar-refractivity contribution in [3.63, 3.8) is 0 Å². The van der Waals surface area contributed by atoms with Gasteiger partial charge in [0, 0.05) is 32.2 Å². The Morgan fingerprint density at radius 3 is 2.26 bits per heavy atom. The number of imidazole rings is 1. The standard InChI is InChI=1S/C18H15F5N4/c19-12-2-4-16(13(20)10-12)26-5-7-27(8-6-26)17-24-14-3-1-11(18(21,22)23)9-15(14)25-17/h1-4,9-10H,5-8H2,(H,24,25). The van der Waals surface area contributed by atoms with Crippen LogP contribution in [-0.2, 0) is 6.18 Å². The first-order valence-electron chi connectivity index (χ1n) is 8.33. The maximum absolute atomic E-state index is 13.9. The maximum Gasteiger partial charge on any atom is 0.416 e. The van der Waals surface area contributed by atoms with E-state index in [0.29, 0.717) is 48.8 Å². The lowest BCUT2D eigenvalue weighted by Gasteiger charge is -2.36. The highest BCUT2D eigenvalue weighted by atomic mass is 19.4. The van der Waals surface area contributed by atoms with Gasteiger partial charge in [-0.3, -0.25) is 0 Å². The van der Waals surface area contributed by atoms with Crippen LogP contribution in [0.4, 0.5) is 33.6 Å². The Bertz CT molecular complexity index is 974. The lowest BCUT2D eigenvalue weighted by molar-refractivity contribution is -0.137. The Labute approximate surface area is 151 Å². The number of anilines is 2. The number of alkyl halides is 3. The van der Waals surface area contributed by atoms with E-state index < -0.39 is 23.4 Å². The first kappa shape index (κ1) is 17.6. The molecule has 1 aliphatic rings. The smallest absolute Gasteiger partial charge is 0.366 e. The van der Waals surface area contributed by atoms with Gasteiger partial charge >= 0.3 is 6.18 Å². The second-order valence-electron chi connectivity index (χ2n) is 6.36. The minimum atomic E-state index is -4.41. The topological polar surface area (TPSA) is 35.2 Å². The molecule has 1 aromatic heterocycles. The summed E-state index contributed by atoms with van der Waals surface area (Å²) in [5.74, 6) is -0.772. The summed E-state index contributed by atoms with van der Waals surface area (Å²) in [5, 5.41) is 0. The van der Waals surface area contributed by atoms with E-state index >= 15 is 0 Å². The van der Waals surface area contributed by atoms with E-state index in [0.717, 1.165) is 18.2 Å². The van der Waals surface area contributed by atoms with Gasteiger partial charge in [0.05, 0.1) is 22.3 Å². The number of hydrogen-bond acceptors (Lipinski definition) is 3. The molecule has 1 aliphatic heterocycles. The van der Waals surface area contributed by atoms with Gasteiger partial charge < -0.3 is 14.8 Å². The fourth-order valence-electron chi connectivity index (χ4n) is 3.22. The number of piperazine rings is 1. The molecule has 0 radical (unpaired) electrons. The Morgan fingerprint density at radius 2 is 1.59 bits per heavy atom. The number of benzene rings is 2. The van der Waals surface area contributed by atoms with Crippen LogP contribution < -0.4 is 9.80 Å². The van der Waals surface area contributed by atoms with Crippen LogP contribution in [0.3, 0.4) is 0 Å². The number of aromatic nitrogens is 2. The van der Waals surface area contributed by atoms with Crippen molar-refractivity contribution in [2.24, 2.45) is 0 Å². The van der Waals surface area contributed by atoms with E-state index in [1.54, 1.807) is 4.90 Å². The molecule has 2 aromatic carbocycles. The highest BCUT2D eigenvalue weighted by Crippen LogP contribution is 2.31. The molecule has 1 saturated heterocycles. The third-order valence-corrected chi connectivity index (χ3v) is 4.63. The molecule has 27 heavy (non-hydrogen) atoms. The van der Waals surface area contributed by atoms with Gasteiger partial charge in [-0.15, -0.1) is 0 Å². The average Bonchev–Trinajstić information content (AvgIpc) is 3.04. The van der Waals surface area contributed by atoms with Gasteiger partial charge in [-0.2, -0.15) is 13.2 Å². The molecule has 1 fully saturated rings. The number of aromatic amines is 1. The van der Waals surface area contributed by atoms with E-state index in [2.05, 4.69) is 9.97 Å². The fourth-order valence-corrected chi connectivity index (χ4v) is 3.22. The van der Waals surface area contributed by atoms with Crippen LogP contribution in [-0.4, -0.2) is 36.1 Å². The van der Waals surface area contributed by atoms with Gasteiger partial charge in [0.25, 0.3) is 0 Å². The lowest BCUT2D eigenvalue weighted by atomic mass is 10.2. The highest BCUT2D eigenvalue weighted by Gasteiger charge is 2.31. The normalized spacial score (nSPS) is 15.6. The number of fused-ring (bicyclic) bond motifs is 1. The quantitative estimate of drug-likeness (QED) is 0.676. The van der Waals surface area contributed by atoms with Crippen LogP contribution in [0.15, 0.2) is 36.4 Å². The summed E-state index contributed by atoms with van der Waals surface area (Å²) < 4.78 is 65.5. The Hall–Kier alpha value is -2.84. The number of rotatable bonds is 2. The highest BCUT2D eigenvalue weighted by molar-refractivity contribution is 5.78. The van der Waals surface area contributed by atoms with Crippen molar-refractivity contribution in [1.29, 1.82) is 0 Å². The summed E-state index contributed by atoms with van der Waals surface area (Å²) in [5.41, 5.74) is 0.356. The van der Waals surface area contributed by atoms with Crippen molar-refractivity contribution in [2.45, 2.75) is 6.18 Å². The average molecular weight is 382 g/mol. The molecule has 1 N–H and O–H groups in total. The minimum absolute atomic E-state index is 0.312. The molecule has 0 unspecified atom stereocenters. The largest absolute Gasteiger partial charge is 0.416 e. The van der Waals surface area contributed by atoms with Crippen molar-refractivity contribution in [3.8, 4) is 0 Å². The van der Waals surface area contributed by atoms with Gasteiger partial charge in [-0.25, -0.2) is 13.8 Å². The Balaban J connectivity index is 1.51. The van der Waals surface area contributed by atoms with Gasteiger partial charge in [0.2, 0.25) is 5.95 Å². The monoisotopic (exact) mass is 382 g/mol. The molecule has 2 heterocycles. The number of halogens is 5. The summed E-state index contributed by atoms with van der Waals surface area (Å²) >= 11 is 0. The van der Waals surface area contributed by atoms with Crippen molar-refractivity contribution in [1.82, 2.24) is 9.97 Å². The molecular weight excluding hydrogens is 367 g/mol. The summed E-state index contributed by atoms with van der Waals surface area (Å²) in [6.07, 6.45) is -4.41. The second kappa shape index (κ2) is 6.40. The minimum Gasteiger partial charge on any atom is -0.366 e. The number of H-pyrrole nitrogens is 1. The van der Waals surface area contributed by atoms with Gasteiger partial charge in [0.1, 0.15) is 11.6 Å². The summed E-state index contributed by atoms with van der Waals surface area (Å²) in [4.78, 5) is 11.0. The van der Waals surface area contributed by atoms with E-state index in [-0.39, 0.29) is 0 Å². The summed E-state index contributed by atoms with van der Waals surface area (Å²) in [6.45, 7) is 1.96. The van der Waals surface area contributed by atoms with E-state index in [1.807, 2.05) is 4.90 Å². The predicted molar refractivity (Wildman–Crippen MR) is 91.9 cm³/mol. The molecule has 142 valence electrons. The summed E-state index contributed by atoms with van der Waals surface area (Å²) in [7, 11) is 0. The van der Waals surface area contributed by atoms with Crippen LogP contribution >= 0.6 is 0 Å². The molecule has 0 aliphatic carbocycles. The van der Waals surface area contributed by atoms with Crippen LogP contribution in [0.1, 0.15) is 5.56 Å². The van der Waals surface area contributed by atoms with Crippen LogP contribution in [0, 0.1) is 11.6 Å². The molecule has 9 heteroatoms. The predicted octanol–water partition coefficient (Wildman–Crippen LogP) is 4.19. The zero-order valence-electron chi connectivity index (χ0n) is 14.0. The molecule has 4 rings (SSSR count). The second-order valence-corrected chi connectivity index (χ2v) is 6.36.